The van der Waals surface area contributed by atoms with Crippen molar-refractivity contribution in [2.24, 2.45) is 4.99 Å². The number of hydrogen-bond donors (Lipinski definition) is 3. The molecule has 0 aromatic heterocycles. The summed E-state index contributed by atoms with van der Waals surface area (Å²) in [7, 11) is 1.66. The van der Waals surface area contributed by atoms with Gasteiger partial charge in [-0.2, -0.15) is 5.26 Å². The average molecular weight is 436 g/mol. The third kappa shape index (κ3) is 5.59. The maximum Gasteiger partial charge on any atom is 0.252 e. The molecule has 0 saturated heterocycles. The summed E-state index contributed by atoms with van der Waals surface area (Å²) in [6.45, 7) is 0.594. The highest BCUT2D eigenvalue weighted by Gasteiger charge is 2.37. The predicted octanol–water partition coefficient (Wildman–Crippen LogP) is 3.66. The summed E-state index contributed by atoms with van der Waals surface area (Å²) in [6.07, 6.45) is 7.63. The van der Waals surface area contributed by atoms with E-state index in [9.17, 15) is 4.79 Å². The van der Waals surface area contributed by atoms with Crippen molar-refractivity contribution in [2.75, 3.05) is 19.8 Å². The lowest BCUT2D eigenvalue weighted by Gasteiger charge is -2.41. The van der Waals surface area contributed by atoms with E-state index >= 15 is 0 Å². The van der Waals surface area contributed by atoms with Crippen LogP contribution in [0.2, 0.25) is 0 Å². The minimum absolute atomic E-state index is 0.0286. The Morgan fingerprint density at radius 2 is 1.84 bits per heavy atom. The van der Waals surface area contributed by atoms with E-state index in [-0.39, 0.29) is 17.4 Å². The normalized spacial score (nSPS) is 21.1. The zero-order chi connectivity index (χ0) is 22.1. The number of amides is 1. The van der Waals surface area contributed by atoms with Gasteiger partial charge in [-0.15, -0.1) is 11.8 Å². The highest BCUT2D eigenvalue weighted by atomic mass is 32.2. The Kier molecular flexibility index (Phi) is 7.96. The van der Waals surface area contributed by atoms with Gasteiger partial charge in [-0.1, -0.05) is 42.5 Å². The number of guanidine groups is 1. The van der Waals surface area contributed by atoms with Crippen molar-refractivity contribution in [3.05, 3.63) is 65.7 Å². The van der Waals surface area contributed by atoms with Crippen molar-refractivity contribution < 1.29 is 4.79 Å². The average Bonchev–Trinajstić information content (AvgIpc) is 2.83. The molecule has 1 aliphatic rings. The van der Waals surface area contributed by atoms with E-state index < -0.39 is 0 Å². The molecule has 162 valence electrons. The van der Waals surface area contributed by atoms with Gasteiger partial charge in [-0.25, -0.2) is 0 Å². The number of carbonyl (C=O) groups is 1. The second-order valence-electron chi connectivity index (χ2n) is 7.76. The first kappa shape index (κ1) is 22.7. The molecule has 2 aromatic carbocycles. The van der Waals surface area contributed by atoms with Gasteiger partial charge in [0.1, 0.15) is 0 Å². The molecule has 0 atom stereocenters. The maximum absolute atomic E-state index is 13.0. The fraction of sp³-hybridized carbons (Fsp3) is 0.375. The summed E-state index contributed by atoms with van der Waals surface area (Å²) in [5, 5.41) is 18.0. The smallest absolute Gasteiger partial charge is 0.252 e. The number of rotatable bonds is 6. The van der Waals surface area contributed by atoms with E-state index in [4.69, 9.17) is 5.26 Å². The Bertz CT molecular complexity index is 946. The number of nitrogens with zero attached hydrogens (tertiary/aromatic N) is 2. The van der Waals surface area contributed by atoms with Crippen molar-refractivity contribution >= 4 is 23.6 Å². The van der Waals surface area contributed by atoms with E-state index in [1.54, 1.807) is 18.8 Å². The highest BCUT2D eigenvalue weighted by molar-refractivity contribution is 7.98. The van der Waals surface area contributed by atoms with E-state index in [0.29, 0.717) is 12.5 Å². The van der Waals surface area contributed by atoms with Gasteiger partial charge in [0.15, 0.2) is 6.19 Å². The summed E-state index contributed by atoms with van der Waals surface area (Å²) in [6, 6.07) is 18.4. The van der Waals surface area contributed by atoms with Crippen LogP contribution in [0, 0.1) is 11.5 Å². The monoisotopic (exact) mass is 435 g/mol. The molecule has 1 amide bonds. The second-order valence-corrected chi connectivity index (χ2v) is 8.61. The number of carbonyl (C=O) groups excluding carboxylic acids is 1. The van der Waals surface area contributed by atoms with Crippen LogP contribution in [0.15, 0.2) is 64.5 Å². The number of nitriles is 1. The molecule has 0 radical (unpaired) electrons. The van der Waals surface area contributed by atoms with Crippen molar-refractivity contribution in [2.45, 2.75) is 42.0 Å². The Morgan fingerprint density at radius 1 is 1.16 bits per heavy atom. The summed E-state index contributed by atoms with van der Waals surface area (Å²) in [5.41, 5.74) is 1.86. The molecule has 1 fully saturated rings. The SMILES string of the molecule is CN=C(NC#N)NC1CCC(CNC(=O)c2ccccc2SC)(c2ccccc2)CC1. The number of benzene rings is 2. The molecular formula is C24H29N5OS. The van der Waals surface area contributed by atoms with Crippen LogP contribution >= 0.6 is 11.8 Å². The summed E-state index contributed by atoms with van der Waals surface area (Å²) >= 11 is 1.58. The third-order valence-corrected chi connectivity index (χ3v) is 6.80. The summed E-state index contributed by atoms with van der Waals surface area (Å²) < 4.78 is 0. The number of aliphatic imine (C=N–C) groups is 1. The largest absolute Gasteiger partial charge is 0.353 e. The van der Waals surface area contributed by atoms with Crippen LogP contribution in [-0.2, 0) is 5.41 Å². The third-order valence-electron chi connectivity index (χ3n) is 6.01. The van der Waals surface area contributed by atoms with Crippen LogP contribution < -0.4 is 16.0 Å². The molecule has 3 rings (SSSR count). The van der Waals surface area contributed by atoms with Crippen LogP contribution in [0.25, 0.3) is 0 Å². The second kappa shape index (κ2) is 10.9. The minimum Gasteiger partial charge on any atom is -0.353 e. The number of hydrogen-bond acceptors (Lipinski definition) is 4. The molecule has 0 heterocycles. The number of nitrogens with one attached hydrogen (secondary N) is 3. The molecule has 1 saturated carbocycles. The topological polar surface area (TPSA) is 89.3 Å². The first-order valence-corrected chi connectivity index (χ1v) is 11.7. The van der Waals surface area contributed by atoms with Gasteiger partial charge < -0.3 is 10.6 Å². The van der Waals surface area contributed by atoms with Gasteiger partial charge in [-0.3, -0.25) is 15.1 Å². The van der Waals surface area contributed by atoms with Gasteiger partial charge in [0.25, 0.3) is 5.91 Å². The van der Waals surface area contributed by atoms with Crippen molar-refractivity contribution in [1.29, 1.82) is 5.26 Å². The van der Waals surface area contributed by atoms with Gasteiger partial charge in [0.05, 0.1) is 5.56 Å². The quantitative estimate of drug-likeness (QED) is 0.212. The van der Waals surface area contributed by atoms with Gasteiger partial charge >= 0.3 is 0 Å². The zero-order valence-corrected chi connectivity index (χ0v) is 18.8. The van der Waals surface area contributed by atoms with Crippen molar-refractivity contribution in [3.8, 4) is 6.19 Å². The lowest BCUT2D eigenvalue weighted by Crippen LogP contribution is -2.49. The molecule has 6 nitrogen and oxygen atoms in total. The molecule has 0 bridgehead atoms. The fourth-order valence-electron chi connectivity index (χ4n) is 4.25. The van der Waals surface area contributed by atoms with Crippen LogP contribution in [-0.4, -0.2) is 37.8 Å². The van der Waals surface area contributed by atoms with Crippen LogP contribution in [0.4, 0.5) is 0 Å². The van der Waals surface area contributed by atoms with Gasteiger partial charge in [-0.05, 0) is 49.6 Å². The Hall–Kier alpha value is -2.98. The standard InChI is InChI=1S/C24H29N5OS/c1-26-23(28-17-25)29-19-12-14-24(15-13-19,18-8-4-3-5-9-18)16-27-22(30)20-10-6-7-11-21(20)31-2/h3-11,19H,12-16H2,1-2H3,(H,27,30)(H2,26,28,29). The predicted molar refractivity (Wildman–Crippen MR) is 126 cm³/mol. The van der Waals surface area contributed by atoms with E-state index in [2.05, 4.69) is 45.2 Å². The van der Waals surface area contributed by atoms with Crippen molar-refractivity contribution in [1.82, 2.24) is 16.0 Å². The first-order chi connectivity index (χ1) is 15.1. The molecule has 0 spiro atoms. The molecule has 7 heteroatoms. The maximum atomic E-state index is 13.0. The zero-order valence-electron chi connectivity index (χ0n) is 18.0. The lowest BCUT2D eigenvalue weighted by molar-refractivity contribution is 0.0932. The van der Waals surface area contributed by atoms with E-state index in [1.165, 1.54) is 5.56 Å². The van der Waals surface area contributed by atoms with Crippen LogP contribution in [0.3, 0.4) is 0 Å². The Morgan fingerprint density at radius 3 is 2.48 bits per heavy atom. The van der Waals surface area contributed by atoms with Crippen molar-refractivity contribution in [3.63, 3.8) is 0 Å². The van der Waals surface area contributed by atoms with Crippen LogP contribution in [0.1, 0.15) is 41.6 Å². The first-order valence-electron chi connectivity index (χ1n) is 10.5. The molecule has 0 unspecified atom stereocenters. The minimum atomic E-state index is -0.115. The summed E-state index contributed by atoms with van der Waals surface area (Å²) in [5.74, 6) is 0.473. The van der Waals surface area contributed by atoms with Gasteiger partial charge in [0.2, 0.25) is 5.96 Å². The molecule has 31 heavy (non-hydrogen) atoms. The molecule has 0 aliphatic heterocycles. The molecular weight excluding hydrogens is 406 g/mol. The summed E-state index contributed by atoms with van der Waals surface area (Å²) in [4.78, 5) is 18.0. The van der Waals surface area contributed by atoms with Gasteiger partial charge in [0, 0.05) is 29.9 Å². The lowest BCUT2D eigenvalue weighted by atomic mass is 9.68. The molecule has 2 aromatic rings. The Balaban J connectivity index is 1.73. The number of thioether (sulfide) groups is 1. The van der Waals surface area contributed by atoms with Crippen LogP contribution in [0.5, 0.6) is 0 Å². The molecule has 1 aliphatic carbocycles. The fourth-order valence-corrected chi connectivity index (χ4v) is 4.85. The highest BCUT2D eigenvalue weighted by Crippen LogP contribution is 2.39. The van der Waals surface area contributed by atoms with E-state index in [0.717, 1.165) is 36.1 Å². The Labute approximate surface area is 188 Å². The molecule has 3 N–H and O–H groups in total. The van der Waals surface area contributed by atoms with E-state index in [1.807, 2.05) is 42.8 Å².